The summed E-state index contributed by atoms with van der Waals surface area (Å²) in [5.41, 5.74) is -0.198. The maximum absolute atomic E-state index is 13.0. The molecule has 0 N–H and O–H groups in total. The number of hydrogen-bond acceptors (Lipinski definition) is 8. The summed E-state index contributed by atoms with van der Waals surface area (Å²) in [7, 11) is 0. The Labute approximate surface area is 161 Å². The topological polar surface area (TPSA) is 111 Å². The highest BCUT2D eigenvalue weighted by molar-refractivity contribution is 6.36. The molecule has 2 rings (SSSR count). The zero-order valence-corrected chi connectivity index (χ0v) is 15.8. The molecule has 0 amide bonds. The van der Waals surface area contributed by atoms with Crippen LogP contribution in [0.4, 0.5) is 5.69 Å². The number of nitro benzene ring substituents is 1. The molecule has 27 heavy (non-hydrogen) atoms. The number of hydrazone groups is 1. The Morgan fingerprint density at radius 3 is 2.67 bits per heavy atom. The molecule has 0 radical (unpaired) electrons. The lowest BCUT2D eigenvalue weighted by Crippen LogP contribution is -2.37. The summed E-state index contributed by atoms with van der Waals surface area (Å²) < 4.78 is 10.3. The first-order valence-corrected chi connectivity index (χ1v) is 8.75. The lowest BCUT2D eigenvalue weighted by Gasteiger charge is -2.25. The number of nitrogens with zero attached hydrogens (tertiary/aromatic N) is 3. The molecule has 1 saturated heterocycles. The molecule has 0 aromatic heterocycles. The van der Waals surface area contributed by atoms with Crippen molar-refractivity contribution >= 4 is 34.8 Å². The third kappa shape index (κ3) is 5.24. The minimum atomic E-state index is -1.34. The summed E-state index contributed by atoms with van der Waals surface area (Å²) in [4.78, 5) is 35.8. The molecule has 9 nitrogen and oxygen atoms in total. The molecular formula is C17H20ClN3O6. The van der Waals surface area contributed by atoms with Crippen molar-refractivity contribution in [1.29, 1.82) is 0 Å². The Hall–Kier alpha value is -2.52. The normalized spacial score (nSPS) is 16.0. The molecule has 1 aliphatic rings. The number of carbonyl (C=O) groups is 2. The van der Waals surface area contributed by atoms with Gasteiger partial charge in [0.1, 0.15) is 0 Å². The molecule has 0 spiro atoms. The number of benzene rings is 1. The van der Waals surface area contributed by atoms with Crippen LogP contribution in [0.3, 0.4) is 0 Å². The Kier molecular flexibility index (Phi) is 7.26. The number of halogens is 1. The van der Waals surface area contributed by atoms with Gasteiger partial charge in [-0.05, 0) is 19.9 Å². The molecule has 1 atom stereocenters. The number of nitro groups is 1. The monoisotopic (exact) mass is 397 g/mol. The number of Topliss-reactive ketones (excluding diaryl/α,β-unsaturated/α-hetero) is 1. The van der Waals surface area contributed by atoms with Crippen molar-refractivity contribution in [3.05, 3.63) is 38.9 Å². The second-order valence-corrected chi connectivity index (χ2v) is 6.19. The van der Waals surface area contributed by atoms with Gasteiger partial charge in [-0.2, -0.15) is 5.10 Å². The summed E-state index contributed by atoms with van der Waals surface area (Å²) in [5.74, 6) is -2.82. The van der Waals surface area contributed by atoms with E-state index in [-0.39, 0.29) is 28.6 Å². The average Bonchev–Trinajstić information content (AvgIpc) is 2.63. The van der Waals surface area contributed by atoms with Crippen LogP contribution in [0.5, 0.6) is 0 Å². The fraction of sp³-hybridized carbons (Fsp3) is 0.471. The number of ether oxygens (including phenoxy) is 2. The van der Waals surface area contributed by atoms with Crippen molar-refractivity contribution in [2.24, 2.45) is 11.0 Å². The van der Waals surface area contributed by atoms with Gasteiger partial charge >= 0.3 is 5.97 Å². The smallest absolute Gasteiger partial charge is 0.322 e. The first kappa shape index (κ1) is 20.8. The van der Waals surface area contributed by atoms with Crippen LogP contribution in [0.2, 0.25) is 5.02 Å². The van der Waals surface area contributed by atoms with Gasteiger partial charge in [-0.25, -0.2) is 0 Å². The van der Waals surface area contributed by atoms with E-state index in [9.17, 15) is 19.7 Å². The zero-order valence-electron chi connectivity index (χ0n) is 15.0. The number of carbonyl (C=O) groups excluding carboxylic acids is 2. The van der Waals surface area contributed by atoms with Crippen LogP contribution >= 0.6 is 11.6 Å². The third-order valence-corrected chi connectivity index (χ3v) is 4.24. The predicted molar refractivity (Wildman–Crippen MR) is 98.1 cm³/mol. The van der Waals surface area contributed by atoms with E-state index in [1.54, 1.807) is 18.9 Å². The SMILES string of the molecule is CCOC(=O)C(C(=O)c1cc([N+](=O)[O-])ccc1Cl)C(C)=NN1CCOCC1. The first-order chi connectivity index (χ1) is 12.8. The highest BCUT2D eigenvalue weighted by Crippen LogP contribution is 2.26. The van der Waals surface area contributed by atoms with Gasteiger partial charge in [0.05, 0.1) is 48.6 Å². The summed E-state index contributed by atoms with van der Waals surface area (Å²) in [6, 6.07) is 3.50. The fourth-order valence-corrected chi connectivity index (χ4v) is 2.81. The van der Waals surface area contributed by atoms with E-state index >= 15 is 0 Å². The van der Waals surface area contributed by atoms with E-state index in [0.717, 1.165) is 6.07 Å². The molecule has 0 aliphatic carbocycles. The van der Waals surface area contributed by atoms with Crippen molar-refractivity contribution in [3.8, 4) is 0 Å². The summed E-state index contributed by atoms with van der Waals surface area (Å²) in [6.07, 6.45) is 0. The van der Waals surface area contributed by atoms with Crippen LogP contribution in [0, 0.1) is 16.0 Å². The fourth-order valence-electron chi connectivity index (χ4n) is 2.60. The maximum atomic E-state index is 13.0. The second kappa shape index (κ2) is 9.43. The van der Waals surface area contributed by atoms with Crippen LogP contribution in [-0.4, -0.2) is 60.3 Å². The Morgan fingerprint density at radius 2 is 2.07 bits per heavy atom. The highest BCUT2D eigenvalue weighted by atomic mass is 35.5. The number of hydrogen-bond donors (Lipinski definition) is 0. The quantitative estimate of drug-likeness (QED) is 0.173. The van der Waals surface area contributed by atoms with Gasteiger partial charge < -0.3 is 9.47 Å². The van der Waals surface area contributed by atoms with Crippen LogP contribution in [0.25, 0.3) is 0 Å². The second-order valence-electron chi connectivity index (χ2n) is 5.78. The van der Waals surface area contributed by atoms with E-state index < -0.39 is 22.6 Å². The van der Waals surface area contributed by atoms with Crippen LogP contribution in [0.15, 0.2) is 23.3 Å². The molecule has 0 saturated carbocycles. The lowest BCUT2D eigenvalue weighted by molar-refractivity contribution is -0.384. The van der Waals surface area contributed by atoms with Crippen molar-refractivity contribution < 1.29 is 24.0 Å². The van der Waals surface area contributed by atoms with Crippen molar-refractivity contribution in [3.63, 3.8) is 0 Å². The van der Waals surface area contributed by atoms with Gasteiger partial charge in [0, 0.05) is 17.7 Å². The van der Waals surface area contributed by atoms with E-state index in [1.165, 1.54) is 12.1 Å². The number of esters is 1. The minimum Gasteiger partial charge on any atom is -0.465 e. The number of ketones is 1. The lowest BCUT2D eigenvalue weighted by atomic mass is 9.93. The van der Waals surface area contributed by atoms with E-state index in [0.29, 0.717) is 26.3 Å². The molecule has 10 heteroatoms. The van der Waals surface area contributed by atoms with E-state index in [1.807, 2.05) is 0 Å². The highest BCUT2D eigenvalue weighted by Gasteiger charge is 2.34. The van der Waals surface area contributed by atoms with Crippen molar-refractivity contribution in [1.82, 2.24) is 5.01 Å². The van der Waals surface area contributed by atoms with Crippen LogP contribution in [0.1, 0.15) is 24.2 Å². The Balaban J connectivity index is 2.39. The van der Waals surface area contributed by atoms with Crippen LogP contribution < -0.4 is 0 Å². The summed E-state index contributed by atoms with van der Waals surface area (Å²) >= 11 is 6.06. The molecular weight excluding hydrogens is 378 g/mol. The van der Waals surface area contributed by atoms with Gasteiger partial charge in [0.25, 0.3) is 5.69 Å². The molecule has 1 unspecified atom stereocenters. The predicted octanol–water partition coefficient (Wildman–Crippen LogP) is 2.32. The summed E-state index contributed by atoms with van der Waals surface area (Å²) in [6.45, 7) is 5.28. The first-order valence-electron chi connectivity index (χ1n) is 8.37. The Morgan fingerprint density at radius 1 is 1.41 bits per heavy atom. The third-order valence-electron chi connectivity index (χ3n) is 3.92. The Bertz CT molecular complexity index is 761. The average molecular weight is 398 g/mol. The molecule has 1 aromatic rings. The standard InChI is InChI=1S/C17H20ClN3O6/c1-3-27-17(23)15(11(2)19-20-6-8-26-9-7-20)16(22)13-10-12(21(24)25)4-5-14(13)18/h4-5,10,15H,3,6-9H2,1-2H3. The van der Waals surface area contributed by atoms with E-state index in [4.69, 9.17) is 21.1 Å². The van der Waals surface area contributed by atoms with Gasteiger partial charge in [-0.3, -0.25) is 24.7 Å². The van der Waals surface area contributed by atoms with Gasteiger partial charge in [0.2, 0.25) is 0 Å². The van der Waals surface area contributed by atoms with Gasteiger partial charge in [-0.1, -0.05) is 11.6 Å². The molecule has 1 heterocycles. The molecule has 1 fully saturated rings. The van der Waals surface area contributed by atoms with E-state index in [2.05, 4.69) is 5.10 Å². The molecule has 0 bridgehead atoms. The molecule has 1 aromatic carbocycles. The summed E-state index contributed by atoms with van der Waals surface area (Å²) in [5, 5.41) is 17.1. The van der Waals surface area contributed by atoms with Crippen LogP contribution in [-0.2, 0) is 14.3 Å². The maximum Gasteiger partial charge on any atom is 0.322 e. The minimum absolute atomic E-state index is 0.0130. The van der Waals surface area contributed by atoms with Gasteiger partial charge in [-0.15, -0.1) is 0 Å². The largest absolute Gasteiger partial charge is 0.465 e. The number of morpholine rings is 1. The van der Waals surface area contributed by atoms with Crippen molar-refractivity contribution in [2.45, 2.75) is 13.8 Å². The zero-order chi connectivity index (χ0) is 20.0. The molecule has 146 valence electrons. The molecule has 1 aliphatic heterocycles. The number of non-ortho nitro benzene ring substituents is 1. The number of rotatable bonds is 7. The van der Waals surface area contributed by atoms with Crippen molar-refractivity contribution in [2.75, 3.05) is 32.9 Å². The van der Waals surface area contributed by atoms with Gasteiger partial charge in [0.15, 0.2) is 11.7 Å².